The van der Waals surface area contributed by atoms with Crippen molar-refractivity contribution in [3.8, 4) is 0 Å². The number of aryl methyl sites for hydroxylation is 1. The van der Waals surface area contributed by atoms with E-state index in [-0.39, 0.29) is 5.24 Å². The molecule has 0 atom stereocenters. The van der Waals surface area contributed by atoms with Gasteiger partial charge in [0, 0.05) is 18.8 Å². The van der Waals surface area contributed by atoms with Crippen LogP contribution in [0.15, 0.2) is 24.3 Å². The van der Waals surface area contributed by atoms with Gasteiger partial charge in [0.1, 0.15) is 0 Å². The third-order valence-corrected chi connectivity index (χ3v) is 4.33. The van der Waals surface area contributed by atoms with Crippen molar-refractivity contribution in [2.24, 2.45) is 0 Å². The summed E-state index contributed by atoms with van der Waals surface area (Å²) in [5, 5.41) is 0.248. The second kappa shape index (κ2) is 6.83. The third-order valence-electron chi connectivity index (χ3n) is 3.35. The summed E-state index contributed by atoms with van der Waals surface area (Å²) >= 11 is 1.44. The van der Waals surface area contributed by atoms with Crippen LogP contribution in [0.2, 0.25) is 0 Å². The smallest absolute Gasteiger partial charge is 0.281 e. The first kappa shape index (κ1) is 13.5. The van der Waals surface area contributed by atoms with Gasteiger partial charge in [0.05, 0.1) is 0 Å². The Kier molecular flexibility index (Phi) is 5.12. The third kappa shape index (κ3) is 4.05. The minimum atomic E-state index is 0.248. The van der Waals surface area contributed by atoms with Crippen LogP contribution < -0.4 is 0 Å². The average Bonchev–Trinajstić information content (AvgIpc) is 2.66. The van der Waals surface area contributed by atoms with E-state index in [0.717, 1.165) is 31.7 Å². The second-order valence-corrected chi connectivity index (χ2v) is 5.87. The molecule has 3 heteroatoms. The Hall–Kier alpha value is -0.960. The lowest BCUT2D eigenvalue weighted by molar-refractivity contribution is 0.225. The fourth-order valence-corrected chi connectivity index (χ4v) is 3.02. The van der Waals surface area contributed by atoms with Crippen molar-refractivity contribution in [1.82, 2.24) is 4.90 Å². The molecule has 0 aromatic heterocycles. The van der Waals surface area contributed by atoms with Crippen molar-refractivity contribution in [2.75, 3.05) is 13.1 Å². The van der Waals surface area contributed by atoms with Crippen LogP contribution in [-0.2, 0) is 5.75 Å². The molecule has 0 spiro atoms. The molecule has 1 amide bonds. The summed E-state index contributed by atoms with van der Waals surface area (Å²) in [5.74, 6) is 0.787. The Labute approximate surface area is 114 Å². The van der Waals surface area contributed by atoms with Crippen LogP contribution in [0.4, 0.5) is 4.79 Å². The molecule has 0 bridgehead atoms. The van der Waals surface area contributed by atoms with Crippen molar-refractivity contribution < 1.29 is 4.79 Å². The van der Waals surface area contributed by atoms with Gasteiger partial charge in [-0.15, -0.1) is 0 Å². The number of amides is 1. The molecule has 0 unspecified atom stereocenters. The predicted molar refractivity (Wildman–Crippen MR) is 77.9 cm³/mol. The van der Waals surface area contributed by atoms with Crippen LogP contribution in [0.3, 0.4) is 0 Å². The Morgan fingerprint density at radius 2 is 1.72 bits per heavy atom. The van der Waals surface area contributed by atoms with Gasteiger partial charge in [0.15, 0.2) is 0 Å². The van der Waals surface area contributed by atoms with Crippen molar-refractivity contribution in [1.29, 1.82) is 0 Å². The summed E-state index contributed by atoms with van der Waals surface area (Å²) in [6.07, 6.45) is 4.87. The van der Waals surface area contributed by atoms with Gasteiger partial charge in [-0.05, 0) is 25.3 Å². The van der Waals surface area contributed by atoms with Gasteiger partial charge < -0.3 is 4.90 Å². The van der Waals surface area contributed by atoms with Gasteiger partial charge in [0.25, 0.3) is 5.24 Å². The van der Waals surface area contributed by atoms with Gasteiger partial charge >= 0.3 is 0 Å². The molecule has 1 aliphatic heterocycles. The molecule has 2 nitrogen and oxygen atoms in total. The summed E-state index contributed by atoms with van der Waals surface area (Å²) in [5.41, 5.74) is 2.50. The zero-order valence-electron chi connectivity index (χ0n) is 11.0. The highest BCUT2D eigenvalue weighted by atomic mass is 32.2. The molecule has 18 heavy (non-hydrogen) atoms. The van der Waals surface area contributed by atoms with Crippen molar-refractivity contribution >= 4 is 17.0 Å². The van der Waals surface area contributed by atoms with Gasteiger partial charge in [-0.3, -0.25) is 4.79 Å². The lowest BCUT2D eigenvalue weighted by Gasteiger charge is -2.19. The number of benzene rings is 1. The lowest BCUT2D eigenvalue weighted by Crippen LogP contribution is -2.28. The van der Waals surface area contributed by atoms with E-state index in [4.69, 9.17) is 0 Å². The number of likely N-dealkylation sites (tertiary alicyclic amines) is 1. The van der Waals surface area contributed by atoms with E-state index in [9.17, 15) is 4.79 Å². The first-order valence-corrected chi connectivity index (χ1v) is 7.71. The van der Waals surface area contributed by atoms with Gasteiger partial charge in [-0.1, -0.05) is 54.4 Å². The predicted octanol–water partition coefficient (Wildman–Crippen LogP) is 4.22. The van der Waals surface area contributed by atoms with E-state index in [1.807, 2.05) is 4.90 Å². The normalized spacial score (nSPS) is 16.4. The molecule has 98 valence electrons. The fraction of sp³-hybridized carbons (Fsp3) is 0.533. The topological polar surface area (TPSA) is 20.3 Å². The van der Waals surface area contributed by atoms with Crippen LogP contribution >= 0.6 is 11.8 Å². The molecule has 1 aliphatic rings. The maximum absolute atomic E-state index is 12.1. The molecule has 1 aromatic rings. The van der Waals surface area contributed by atoms with Gasteiger partial charge in [0.2, 0.25) is 0 Å². The SMILES string of the molecule is Cc1ccc(CSC(=O)N2CCCCCC2)cc1. The Morgan fingerprint density at radius 3 is 2.33 bits per heavy atom. The molecule has 1 aromatic carbocycles. The van der Waals surface area contributed by atoms with Crippen LogP contribution in [0.1, 0.15) is 36.8 Å². The summed E-state index contributed by atoms with van der Waals surface area (Å²) < 4.78 is 0. The molecular weight excluding hydrogens is 242 g/mol. The van der Waals surface area contributed by atoms with E-state index >= 15 is 0 Å². The molecular formula is C15H21NOS. The monoisotopic (exact) mass is 263 g/mol. The molecule has 2 rings (SSSR count). The highest BCUT2D eigenvalue weighted by molar-refractivity contribution is 8.12. The fourth-order valence-electron chi connectivity index (χ4n) is 2.17. The van der Waals surface area contributed by atoms with Crippen LogP contribution in [0.5, 0.6) is 0 Å². The van der Waals surface area contributed by atoms with E-state index < -0.39 is 0 Å². The van der Waals surface area contributed by atoms with E-state index in [0.29, 0.717) is 0 Å². The standard InChI is InChI=1S/C15H21NOS/c1-13-6-8-14(9-7-13)12-18-15(17)16-10-4-2-3-5-11-16/h6-9H,2-5,10-12H2,1H3. The first-order chi connectivity index (χ1) is 8.75. The number of hydrogen-bond donors (Lipinski definition) is 0. The largest absolute Gasteiger partial charge is 0.334 e. The Balaban J connectivity index is 1.81. The number of thioether (sulfide) groups is 1. The minimum absolute atomic E-state index is 0.248. The Bertz CT molecular complexity index is 380. The Morgan fingerprint density at radius 1 is 1.11 bits per heavy atom. The molecule has 0 saturated carbocycles. The minimum Gasteiger partial charge on any atom is -0.334 e. The molecule has 1 heterocycles. The second-order valence-electron chi connectivity index (χ2n) is 4.94. The molecule has 0 aliphatic carbocycles. The van der Waals surface area contributed by atoms with Crippen molar-refractivity contribution in [3.05, 3.63) is 35.4 Å². The molecule has 0 N–H and O–H groups in total. The van der Waals surface area contributed by atoms with Gasteiger partial charge in [-0.2, -0.15) is 0 Å². The first-order valence-electron chi connectivity index (χ1n) is 6.73. The van der Waals surface area contributed by atoms with Gasteiger partial charge in [-0.25, -0.2) is 0 Å². The van der Waals surface area contributed by atoms with Crippen LogP contribution in [-0.4, -0.2) is 23.2 Å². The highest BCUT2D eigenvalue weighted by Gasteiger charge is 2.15. The summed E-state index contributed by atoms with van der Waals surface area (Å²) in [4.78, 5) is 14.1. The summed E-state index contributed by atoms with van der Waals surface area (Å²) in [6, 6.07) is 8.43. The molecule has 1 saturated heterocycles. The molecule has 0 radical (unpaired) electrons. The number of carbonyl (C=O) groups excluding carboxylic acids is 1. The lowest BCUT2D eigenvalue weighted by atomic mass is 10.2. The summed E-state index contributed by atoms with van der Waals surface area (Å²) in [6.45, 7) is 3.97. The van der Waals surface area contributed by atoms with Crippen LogP contribution in [0.25, 0.3) is 0 Å². The maximum atomic E-state index is 12.1. The summed E-state index contributed by atoms with van der Waals surface area (Å²) in [7, 11) is 0. The molecule has 1 fully saturated rings. The van der Waals surface area contributed by atoms with E-state index in [2.05, 4.69) is 31.2 Å². The zero-order valence-corrected chi connectivity index (χ0v) is 11.8. The number of carbonyl (C=O) groups is 1. The number of hydrogen-bond acceptors (Lipinski definition) is 2. The van der Waals surface area contributed by atoms with E-state index in [1.165, 1.54) is 35.7 Å². The quantitative estimate of drug-likeness (QED) is 0.796. The number of nitrogens with zero attached hydrogens (tertiary/aromatic N) is 1. The van der Waals surface area contributed by atoms with Crippen LogP contribution in [0, 0.1) is 6.92 Å². The highest BCUT2D eigenvalue weighted by Crippen LogP contribution is 2.19. The van der Waals surface area contributed by atoms with E-state index in [1.54, 1.807) is 0 Å². The number of rotatable bonds is 2. The van der Waals surface area contributed by atoms with Crippen molar-refractivity contribution in [3.63, 3.8) is 0 Å². The average molecular weight is 263 g/mol. The van der Waals surface area contributed by atoms with Crippen molar-refractivity contribution in [2.45, 2.75) is 38.4 Å². The zero-order chi connectivity index (χ0) is 12.8. The maximum Gasteiger partial charge on any atom is 0.281 e.